The number of sulfonamides is 1. The first kappa shape index (κ1) is 42.4. The molecule has 2 aromatic carbocycles. The van der Waals surface area contributed by atoms with Crippen LogP contribution >= 0.6 is 11.6 Å². The number of aryl methyl sites for hydroxylation is 2. The molecule has 1 unspecified atom stereocenters. The number of hydrogen-bond donors (Lipinski definition) is 3. The molecule has 2 amide bonds. The Balaban J connectivity index is 0.716. The first-order chi connectivity index (χ1) is 29.8. The average molecular weight is 886 g/mol. The van der Waals surface area contributed by atoms with E-state index in [1.165, 1.54) is 10.1 Å². The molecule has 4 aliphatic rings. The molecule has 328 valence electrons. The van der Waals surface area contributed by atoms with Crippen molar-refractivity contribution in [3.8, 4) is 0 Å². The van der Waals surface area contributed by atoms with Crippen molar-refractivity contribution in [3.05, 3.63) is 85.6 Å². The van der Waals surface area contributed by atoms with E-state index in [0.717, 1.165) is 76.5 Å². The zero-order valence-electron chi connectivity index (χ0n) is 34.9. The van der Waals surface area contributed by atoms with Crippen molar-refractivity contribution >= 4 is 67.1 Å². The van der Waals surface area contributed by atoms with Crippen LogP contribution in [0.2, 0.25) is 5.02 Å². The molecular weight excluding hydrogens is 834 g/mol. The van der Waals surface area contributed by atoms with Crippen LogP contribution in [0.1, 0.15) is 93.3 Å². The van der Waals surface area contributed by atoms with Gasteiger partial charge in [0, 0.05) is 49.9 Å². The number of carbonyl (C=O) groups excluding carboxylic acids is 2. The highest BCUT2D eigenvalue weighted by Gasteiger charge is 2.34. The van der Waals surface area contributed by atoms with Gasteiger partial charge >= 0.3 is 5.69 Å². The number of piperidine rings is 2. The summed E-state index contributed by atoms with van der Waals surface area (Å²) in [4.78, 5) is 62.3. The Hall–Kier alpha value is -4.94. The van der Waals surface area contributed by atoms with E-state index in [4.69, 9.17) is 21.3 Å². The topological polar surface area (TPSA) is 192 Å². The maximum atomic E-state index is 13.2. The minimum Gasteiger partial charge on any atom is -0.377 e. The molecule has 5 aromatic rings. The van der Waals surface area contributed by atoms with Gasteiger partial charge in [-0.25, -0.2) is 22.9 Å². The van der Waals surface area contributed by atoms with Crippen LogP contribution in [-0.2, 0) is 31.4 Å². The summed E-state index contributed by atoms with van der Waals surface area (Å²) in [6.45, 7) is 5.23. The number of imide groups is 1. The standard InChI is InChI=1S/C44H52ClN9O7S/c1-26-19-33(8-9-35(26)48-43-46-24-30-22-34(45)42(57)53(40(30)50-43)31-5-3-4-6-31)62(59,60)47-15-18-61-32-20-27(21-32)25-52-16-13-28(14-17-52)29-7-10-36-38(23-29)51(2)44(58)54(36)37-11-12-39(55)49-41(37)56/h7-10,19,22-24,27-28,31-32,37,47H,3-6,11-18,20-21,25H2,1-2H3,(H,46,48,50)(H,49,55,56). The van der Waals surface area contributed by atoms with Gasteiger partial charge in [0.1, 0.15) is 16.7 Å². The first-order valence-electron chi connectivity index (χ1n) is 21.7. The van der Waals surface area contributed by atoms with Crippen LogP contribution in [0.15, 0.2) is 63.1 Å². The second kappa shape index (κ2) is 17.3. The minimum atomic E-state index is -3.78. The number of fused-ring (bicyclic) bond motifs is 2. The Labute approximate surface area is 364 Å². The van der Waals surface area contributed by atoms with E-state index in [9.17, 15) is 27.6 Å². The molecule has 2 aliphatic carbocycles. The number of benzene rings is 2. The third-order valence-electron chi connectivity index (χ3n) is 13.3. The Bertz CT molecular complexity index is 2780. The molecule has 9 rings (SSSR count). The Kier molecular flexibility index (Phi) is 11.8. The van der Waals surface area contributed by atoms with E-state index in [-0.39, 0.29) is 58.8 Å². The highest BCUT2D eigenvalue weighted by atomic mass is 35.5. The first-order valence-corrected chi connectivity index (χ1v) is 23.5. The smallest absolute Gasteiger partial charge is 0.329 e. The quantitative estimate of drug-likeness (QED) is 0.104. The Morgan fingerprint density at radius 1 is 0.935 bits per heavy atom. The molecule has 3 N–H and O–H groups in total. The van der Waals surface area contributed by atoms with Crippen LogP contribution in [0.4, 0.5) is 11.6 Å². The number of carbonyl (C=O) groups is 2. The number of hydrogen-bond acceptors (Lipinski definition) is 11. The SMILES string of the molecule is Cc1cc(S(=O)(=O)NCCOC2CC(CN3CCC(c4ccc5c(c4)n(C)c(=O)n5C4CCC(=O)NC4=O)CC3)C2)ccc1Nc1ncc2cc(Cl)c(=O)n(C3CCCC3)c2n1. The van der Waals surface area contributed by atoms with Crippen LogP contribution in [-0.4, -0.2) is 87.7 Å². The molecule has 18 heteroatoms. The van der Waals surface area contributed by atoms with Gasteiger partial charge in [0.05, 0.1) is 28.6 Å². The number of halogens is 1. The molecule has 0 spiro atoms. The van der Waals surface area contributed by atoms with Gasteiger partial charge in [-0.2, -0.15) is 4.98 Å². The van der Waals surface area contributed by atoms with Crippen molar-refractivity contribution in [3.63, 3.8) is 0 Å². The van der Waals surface area contributed by atoms with Gasteiger partial charge in [-0.1, -0.05) is 30.5 Å². The van der Waals surface area contributed by atoms with Gasteiger partial charge in [0.2, 0.25) is 27.8 Å². The number of ether oxygens (including phenoxy) is 1. The maximum absolute atomic E-state index is 13.2. The monoisotopic (exact) mass is 885 g/mol. The maximum Gasteiger partial charge on any atom is 0.329 e. The third kappa shape index (κ3) is 8.44. The van der Waals surface area contributed by atoms with E-state index in [2.05, 4.69) is 37.4 Å². The molecule has 4 fully saturated rings. The normalized spacial score (nSPS) is 21.8. The number of likely N-dealkylation sites (tertiary alicyclic amines) is 1. The Morgan fingerprint density at radius 3 is 2.45 bits per heavy atom. The van der Waals surface area contributed by atoms with Crippen LogP contribution in [0.5, 0.6) is 0 Å². The van der Waals surface area contributed by atoms with Crippen molar-refractivity contribution in [1.29, 1.82) is 0 Å². The lowest BCUT2D eigenvalue weighted by Crippen LogP contribution is -2.44. The summed E-state index contributed by atoms with van der Waals surface area (Å²) in [5.41, 5.74) is 4.03. The van der Waals surface area contributed by atoms with Crippen LogP contribution in [0, 0.1) is 12.8 Å². The predicted octanol–water partition coefficient (Wildman–Crippen LogP) is 5.20. The zero-order valence-corrected chi connectivity index (χ0v) is 36.5. The summed E-state index contributed by atoms with van der Waals surface area (Å²) in [5.74, 6) is 0.473. The number of pyridine rings is 1. The van der Waals surface area contributed by atoms with Crippen LogP contribution in [0.3, 0.4) is 0 Å². The number of nitrogens with zero attached hydrogens (tertiary/aromatic N) is 6. The fourth-order valence-corrected chi connectivity index (χ4v) is 11.1. The summed E-state index contributed by atoms with van der Waals surface area (Å²) >= 11 is 6.28. The third-order valence-corrected chi connectivity index (χ3v) is 15.1. The number of aromatic nitrogens is 5. The zero-order chi connectivity index (χ0) is 43.3. The molecule has 2 saturated heterocycles. The minimum absolute atomic E-state index is 0.0379. The van der Waals surface area contributed by atoms with Crippen LogP contribution in [0.25, 0.3) is 22.1 Å². The summed E-state index contributed by atoms with van der Waals surface area (Å²) < 4.78 is 39.9. The fraction of sp³-hybridized carbons (Fsp3) is 0.500. The van der Waals surface area contributed by atoms with E-state index in [1.807, 2.05) is 13.0 Å². The van der Waals surface area contributed by atoms with E-state index in [0.29, 0.717) is 52.0 Å². The van der Waals surface area contributed by atoms with Crippen molar-refractivity contribution in [2.75, 3.05) is 38.1 Å². The lowest BCUT2D eigenvalue weighted by atomic mass is 9.81. The molecule has 2 saturated carbocycles. The summed E-state index contributed by atoms with van der Waals surface area (Å²) in [5, 5.41) is 6.38. The highest BCUT2D eigenvalue weighted by molar-refractivity contribution is 7.89. The molecule has 0 radical (unpaired) electrons. The number of amides is 2. The van der Waals surface area contributed by atoms with E-state index in [1.54, 1.807) is 46.6 Å². The number of imidazole rings is 1. The summed E-state index contributed by atoms with van der Waals surface area (Å²) in [6.07, 6.45) is 10.1. The Morgan fingerprint density at radius 2 is 1.71 bits per heavy atom. The van der Waals surface area contributed by atoms with Crippen molar-refractivity contribution in [2.24, 2.45) is 13.0 Å². The van der Waals surface area contributed by atoms with Crippen molar-refractivity contribution < 1.29 is 22.7 Å². The number of nitrogens with one attached hydrogen (secondary N) is 3. The molecule has 62 heavy (non-hydrogen) atoms. The second-order valence-corrected chi connectivity index (χ2v) is 19.6. The molecule has 16 nitrogen and oxygen atoms in total. The lowest BCUT2D eigenvalue weighted by Gasteiger charge is -2.40. The molecule has 5 heterocycles. The van der Waals surface area contributed by atoms with Gasteiger partial charge in [0.25, 0.3) is 5.56 Å². The van der Waals surface area contributed by atoms with Crippen molar-refractivity contribution in [2.45, 2.75) is 100 Å². The molecule has 2 aliphatic heterocycles. The van der Waals surface area contributed by atoms with Gasteiger partial charge in [0.15, 0.2) is 0 Å². The molecule has 3 aromatic heterocycles. The second-order valence-electron chi connectivity index (χ2n) is 17.4. The molecule has 1 atom stereocenters. The molecular formula is C44H52ClN9O7S. The average Bonchev–Trinajstić information content (AvgIpc) is 3.86. The van der Waals surface area contributed by atoms with Crippen molar-refractivity contribution in [1.82, 2.24) is 38.6 Å². The van der Waals surface area contributed by atoms with Gasteiger partial charge in [-0.3, -0.25) is 33.4 Å². The van der Waals surface area contributed by atoms with Gasteiger partial charge in [-0.05, 0) is 124 Å². The van der Waals surface area contributed by atoms with Crippen LogP contribution < -0.4 is 26.6 Å². The summed E-state index contributed by atoms with van der Waals surface area (Å²) in [6, 6.07) is 11.9. The van der Waals surface area contributed by atoms with E-state index < -0.39 is 22.0 Å². The number of anilines is 2. The van der Waals surface area contributed by atoms with E-state index >= 15 is 0 Å². The van der Waals surface area contributed by atoms with Gasteiger partial charge < -0.3 is 15.0 Å². The lowest BCUT2D eigenvalue weighted by molar-refractivity contribution is -0.135. The number of rotatable bonds is 13. The predicted molar refractivity (Wildman–Crippen MR) is 235 cm³/mol. The molecule has 0 bridgehead atoms. The fourth-order valence-electron chi connectivity index (χ4n) is 9.83. The highest BCUT2D eigenvalue weighted by Crippen LogP contribution is 2.36. The largest absolute Gasteiger partial charge is 0.377 e. The summed E-state index contributed by atoms with van der Waals surface area (Å²) in [7, 11) is -2.05. The van der Waals surface area contributed by atoms with Gasteiger partial charge in [-0.15, -0.1) is 0 Å².